The third-order valence-corrected chi connectivity index (χ3v) is 5.09. The largest absolute Gasteiger partial charge is 0.492 e. The number of para-hydroxylation sites is 1. The first-order valence-corrected chi connectivity index (χ1v) is 9.55. The minimum absolute atomic E-state index is 0.174. The smallest absolute Gasteiger partial charge is 0.257 e. The Morgan fingerprint density at radius 3 is 2.44 bits per heavy atom. The lowest BCUT2D eigenvalue weighted by atomic mass is 10.0. The number of hydrogen-bond acceptors (Lipinski definition) is 4. The highest BCUT2D eigenvalue weighted by atomic mass is 32.1. The van der Waals surface area contributed by atoms with Crippen LogP contribution in [0.2, 0.25) is 0 Å². The van der Waals surface area contributed by atoms with Crippen LogP contribution in [0.3, 0.4) is 0 Å². The summed E-state index contributed by atoms with van der Waals surface area (Å²) in [6.45, 7) is 2.51. The molecule has 27 heavy (non-hydrogen) atoms. The number of amides is 1. The molecule has 0 radical (unpaired) electrons. The zero-order chi connectivity index (χ0) is 18.6. The summed E-state index contributed by atoms with van der Waals surface area (Å²) < 4.78 is 6.59. The maximum absolute atomic E-state index is 12.6. The zero-order valence-electron chi connectivity index (χ0n) is 14.8. The molecule has 3 aromatic carbocycles. The van der Waals surface area contributed by atoms with E-state index in [9.17, 15) is 4.79 Å². The Balaban J connectivity index is 1.54. The molecule has 0 bridgehead atoms. The highest BCUT2D eigenvalue weighted by molar-refractivity contribution is 7.22. The van der Waals surface area contributed by atoms with E-state index < -0.39 is 0 Å². The van der Waals surface area contributed by atoms with Crippen molar-refractivity contribution < 1.29 is 9.53 Å². The lowest BCUT2D eigenvalue weighted by molar-refractivity contribution is 0.102. The molecule has 0 saturated carbocycles. The van der Waals surface area contributed by atoms with Crippen LogP contribution in [0, 0.1) is 0 Å². The predicted octanol–water partition coefficient (Wildman–Crippen LogP) is 5.61. The first-order chi connectivity index (χ1) is 13.2. The molecule has 0 aliphatic heterocycles. The van der Waals surface area contributed by atoms with Crippen molar-refractivity contribution in [3.8, 4) is 16.9 Å². The molecule has 0 aliphatic rings. The van der Waals surface area contributed by atoms with Gasteiger partial charge in [0.05, 0.1) is 11.3 Å². The van der Waals surface area contributed by atoms with Crippen molar-refractivity contribution in [3.05, 3.63) is 78.4 Å². The van der Waals surface area contributed by atoms with Gasteiger partial charge in [0.1, 0.15) is 11.3 Å². The van der Waals surface area contributed by atoms with E-state index >= 15 is 0 Å². The number of thiazole rings is 1. The van der Waals surface area contributed by atoms with Gasteiger partial charge in [-0.15, -0.1) is 0 Å². The van der Waals surface area contributed by atoms with Crippen LogP contribution in [-0.4, -0.2) is 17.5 Å². The van der Waals surface area contributed by atoms with Gasteiger partial charge >= 0.3 is 0 Å². The molecule has 4 nitrogen and oxygen atoms in total. The number of nitrogens with zero attached hydrogens (tertiary/aromatic N) is 1. The second kappa shape index (κ2) is 7.60. The minimum atomic E-state index is -0.174. The number of anilines is 1. The molecule has 0 aliphatic carbocycles. The van der Waals surface area contributed by atoms with Gasteiger partial charge in [0.15, 0.2) is 5.13 Å². The Bertz CT molecular complexity index is 1070. The number of nitrogens with one attached hydrogen (secondary N) is 1. The number of carbonyl (C=O) groups excluding carboxylic acids is 1. The molecule has 1 amide bonds. The van der Waals surface area contributed by atoms with Crippen molar-refractivity contribution in [2.24, 2.45) is 0 Å². The van der Waals surface area contributed by atoms with Gasteiger partial charge in [-0.1, -0.05) is 59.9 Å². The quantitative estimate of drug-likeness (QED) is 0.494. The molecule has 4 aromatic rings. The molecule has 0 atom stereocenters. The molecule has 4 rings (SSSR count). The van der Waals surface area contributed by atoms with Crippen LogP contribution in [0.4, 0.5) is 5.13 Å². The molecular weight excluding hydrogens is 356 g/mol. The molecular formula is C22H18N2O2S. The van der Waals surface area contributed by atoms with E-state index in [4.69, 9.17) is 4.74 Å². The molecule has 0 saturated heterocycles. The van der Waals surface area contributed by atoms with Gasteiger partial charge in [-0.3, -0.25) is 10.1 Å². The van der Waals surface area contributed by atoms with E-state index in [1.54, 1.807) is 0 Å². The van der Waals surface area contributed by atoms with Crippen LogP contribution in [0.1, 0.15) is 17.3 Å². The number of carbonyl (C=O) groups is 1. The highest BCUT2D eigenvalue weighted by Gasteiger charge is 2.12. The van der Waals surface area contributed by atoms with Gasteiger partial charge < -0.3 is 4.74 Å². The number of hydrogen-bond donors (Lipinski definition) is 1. The zero-order valence-corrected chi connectivity index (χ0v) is 15.6. The lowest BCUT2D eigenvalue weighted by Crippen LogP contribution is -2.11. The number of rotatable bonds is 5. The summed E-state index contributed by atoms with van der Waals surface area (Å²) in [6, 6.07) is 23.4. The van der Waals surface area contributed by atoms with Crippen LogP contribution in [0.15, 0.2) is 72.8 Å². The Morgan fingerprint density at radius 1 is 0.963 bits per heavy atom. The van der Waals surface area contributed by atoms with Crippen molar-refractivity contribution in [1.82, 2.24) is 4.98 Å². The first-order valence-electron chi connectivity index (χ1n) is 8.74. The molecule has 1 heterocycles. The fourth-order valence-corrected chi connectivity index (χ4v) is 3.74. The van der Waals surface area contributed by atoms with E-state index in [0.717, 1.165) is 27.1 Å². The number of aromatic nitrogens is 1. The van der Waals surface area contributed by atoms with Gasteiger partial charge in [0.2, 0.25) is 0 Å². The average molecular weight is 374 g/mol. The first kappa shape index (κ1) is 17.2. The Hall–Kier alpha value is -3.18. The summed E-state index contributed by atoms with van der Waals surface area (Å²) >= 11 is 1.44. The Labute approximate surface area is 161 Å². The van der Waals surface area contributed by atoms with Gasteiger partial charge in [0.25, 0.3) is 5.91 Å². The molecule has 0 spiro atoms. The van der Waals surface area contributed by atoms with Gasteiger partial charge in [-0.05, 0) is 42.3 Å². The van der Waals surface area contributed by atoms with Crippen LogP contribution >= 0.6 is 11.3 Å². The van der Waals surface area contributed by atoms with E-state index in [2.05, 4.69) is 10.3 Å². The normalized spacial score (nSPS) is 10.7. The lowest BCUT2D eigenvalue weighted by Gasteiger charge is -2.04. The molecule has 5 heteroatoms. The summed E-state index contributed by atoms with van der Waals surface area (Å²) in [4.78, 5) is 17.1. The molecule has 1 aromatic heterocycles. The predicted molar refractivity (Wildman–Crippen MR) is 111 cm³/mol. The van der Waals surface area contributed by atoms with Crippen molar-refractivity contribution in [2.75, 3.05) is 11.9 Å². The number of fused-ring (bicyclic) bond motifs is 1. The van der Waals surface area contributed by atoms with E-state index in [0.29, 0.717) is 17.3 Å². The van der Waals surface area contributed by atoms with Crippen molar-refractivity contribution in [2.45, 2.75) is 6.92 Å². The van der Waals surface area contributed by atoms with E-state index in [-0.39, 0.29) is 5.91 Å². The highest BCUT2D eigenvalue weighted by Crippen LogP contribution is 2.32. The van der Waals surface area contributed by atoms with Crippen molar-refractivity contribution in [3.63, 3.8) is 0 Å². The Morgan fingerprint density at radius 2 is 1.70 bits per heavy atom. The molecule has 0 fully saturated rings. The van der Waals surface area contributed by atoms with E-state index in [1.165, 1.54) is 11.3 Å². The van der Waals surface area contributed by atoms with Crippen LogP contribution in [-0.2, 0) is 0 Å². The third-order valence-electron chi connectivity index (χ3n) is 4.16. The second-order valence-electron chi connectivity index (χ2n) is 5.95. The summed E-state index contributed by atoms with van der Waals surface area (Å²) in [5, 5.41) is 3.45. The van der Waals surface area contributed by atoms with Crippen LogP contribution in [0.5, 0.6) is 5.75 Å². The second-order valence-corrected chi connectivity index (χ2v) is 6.98. The van der Waals surface area contributed by atoms with Crippen LogP contribution < -0.4 is 10.1 Å². The molecule has 134 valence electrons. The minimum Gasteiger partial charge on any atom is -0.492 e. The van der Waals surface area contributed by atoms with Crippen molar-refractivity contribution in [1.29, 1.82) is 0 Å². The van der Waals surface area contributed by atoms with Crippen molar-refractivity contribution >= 4 is 32.6 Å². The standard InChI is InChI=1S/C22H18N2O2S/c1-2-26-18-9-6-10-19-20(18)23-22(27-19)24-21(25)17-13-11-16(12-14-17)15-7-4-3-5-8-15/h3-14H,2H2,1H3,(H,23,24,25). The summed E-state index contributed by atoms with van der Waals surface area (Å²) in [6.07, 6.45) is 0. The third kappa shape index (κ3) is 3.68. The van der Waals surface area contributed by atoms with E-state index in [1.807, 2.05) is 79.7 Å². The van der Waals surface area contributed by atoms with Gasteiger partial charge in [0, 0.05) is 5.56 Å². The Kier molecular flexibility index (Phi) is 4.85. The fraction of sp³-hybridized carbons (Fsp3) is 0.0909. The summed E-state index contributed by atoms with van der Waals surface area (Å²) in [5.41, 5.74) is 3.57. The van der Waals surface area contributed by atoms with Crippen LogP contribution in [0.25, 0.3) is 21.3 Å². The fourth-order valence-electron chi connectivity index (χ4n) is 2.86. The SMILES string of the molecule is CCOc1cccc2sc(NC(=O)c3ccc(-c4ccccc4)cc3)nc12. The summed E-state index contributed by atoms with van der Waals surface area (Å²) in [5.74, 6) is 0.561. The molecule has 0 unspecified atom stereocenters. The maximum Gasteiger partial charge on any atom is 0.257 e. The monoisotopic (exact) mass is 374 g/mol. The maximum atomic E-state index is 12.6. The summed E-state index contributed by atoms with van der Waals surface area (Å²) in [7, 11) is 0. The number of benzene rings is 3. The topological polar surface area (TPSA) is 51.2 Å². The molecule has 1 N–H and O–H groups in total. The van der Waals surface area contributed by atoms with Gasteiger partial charge in [-0.2, -0.15) is 0 Å². The number of ether oxygens (including phenoxy) is 1. The van der Waals surface area contributed by atoms with Gasteiger partial charge in [-0.25, -0.2) is 4.98 Å². The average Bonchev–Trinajstić information content (AvgIpc) is 3.12.